The third-order valence-corrected chi connectivity index (χ3v) is 5.09. The van der Waals surface area contributed by atoms with Crippen molar-refractivity contribution in [3.05, 3.63) is 47.5 Å². The van der Waals surface area contributed by atoms with Gasteiger partial charge in [-0.3, -0.25) is 0 Å². The average molecular weight is 226 g/mol. The lowest BCUT2D eigenvalue weighted by molar-refractivity contribution is 0.125. The zero-order chi connectivity index (χ0) is 12.1. The van der Waals surface area contributed by atoms with Crippen molar-refractivity contribution in [1.82, 2.24) is 0 Å². The Hall–Kier alpha value is -1.04. The first-order valence-corrected chi connectivity index (χ1v) is 6.80. The van der Waals surface area contributed by atoms with Crippen LogP contribution in [0, 0.1) is 11.3 Å². The third-order valence-electron chi connectivity index (χ3n) is 5.09. The fraction of sp³-hybridized carbons (Fsp3) is 0.529. The summed E-state index contributed by atoms with van der Waals surface area (Å²) in [6.07, 6.45) is 8.64. The third kappa shape index (κ3) is 1.50. The molecule has 0 aliphatic heterocycles. The van der Waals surface area contributed by atoms with Crippen LogP contribution in [0.15, 0.2) is 36.4 Å². The van der Waals surface area contributed by atoms with Crippen LogP contribution in [0.4, 0.5) is 0 Å². The smallest absolute Gasteiger partial charge is 0.000171 e. The van der Waals surface area contributed by atoms with Crippen LogP contribution in [0.5, 0.6) is 0 Å². The van der Waals surface area contributed by atoms with E-state index in [9.17, 15) is 0 Å². The maximum absolute atomic E-state index is 2.47. The van der Waals surface area contributed by atoms with Crippen LogP contribution in [0.1, 0.15) is 44.7 Å². The number of hydrogen-bond donors (Lipinski definition) is 0. The molecule has 1 aromatic rings. The van der Waals surface area contributed by atoms with Gasteiger partial charge in [-0.1, -0.05) is 57.2 Å². The molecular formula is C17H22. The summed E-state index contributed by atoms with van der Waals surface area (Å²) in [5.41, 5.74) is 3.89. The minimum Gasteiger partial charge on any atom is -0.0871 e. The Morgan fingerprint density at radius 2 is 1.88 bits per heavy atom. The number of hydrogen-bond acceptors (Lipinski definition) is 0. The Bertz CT molecular complexity index is 467. The Morgan fingerprint density at radius 1 is 1.12 bits per heavy atom. The molecule has 0 fully saturated rings. The quantitative estimate of drug-likeness (QED) is 0.572. The summed E-state index contributed by atoms with van der Waals surface area (Å²) in [7, 11) is 0. The summed E-state index contributed by atoms with van der Waals surface area (Å²) in [5.74, 6) is 0.787. The topological polar surface area (TPSA) is 0 Å². The molecule has 0 bridgehead atoms. The van der Waals surface area contributed by atoms with Gasteiger partial charge in [0.15, 0.2) is 0 Å². The first-order chi connectivity index (χ1) is 8.04. The van der Waals surface area contributed by atoms with E-state index in [1.807, 2.05) is 0 Å². The number of aryl methyl sites for hydroxylation is 1. The van der Waals surface area contributed by atoms with E-state index in [-0.39, 0.29) is 0 Å². The fourth-order valence-electron chi connectivity index (χ4n) is 4.27. The first-order valence-electron chi connectivity index (χ1n) is 6.80. The van der Waals surface area contributed by atoms with Gasteiger partial charge < -0.3 is 0 Å². The van der Waals surface area contributed by atoms with Gasteiger partial charge in [-0.15, -0.1) is 0 Å². The number of fused-ring (bicyclic) bond motifs is 3. The second kappa shape index (κ2) is 3.48. The maximum atomic E-state index is 2.47. The summed E-state index contributed by atoms with van der Waals surface area (Å²) >= 11 is 0. The highest BCUT2D eigenvalue weighted by Crippen LogP contribution is 2.54. The molecule has 3 rings (SSSR count). The summed E-state index contributed by atoms with van der Waals surface area (Å²) in [4.78, 5) is 0. The molecule has 0 saturated heterocycles. The number of rotatable bonds is 0. The molecule has 1 unspecified atom stereocenters. The van der Waals surface area contributed by atoms with Crippen LogP contribution in [0.2, 0.25) is 0 Å². The Morgan fingerprint density at radius 3 is 2.71 bits per heavy atom. The molecule has 17 heavy (non-hydrogen) atoms. The molecule has 0 heteroatoms. The van der Waals surface area contributed by atoms with Gasteiger partial charge in [0.2, 0.25) is 0 Å². The summed E-state index contributed by atoms with van der Waals surface area (Å²) in [6, 6.07) is 9.07. The molecule has 0 spiro atoms. The Balaban J connectivity index is 2.16. The van der Waals surface area contributed by atoms with Crippen LogP contribution < -0.4 is 0 Å². The standard InChI is InChI=1S/C17H22/c1-16(2)11-6-12-17(3)14-8-5-4-7-13(14)9-10-15(16)17/h4-8,11,15H,9-10,12H2,1-3H3/t15?,17-/m1/s1. The molecule has 0 heterocycles. The normalized spacial score (nSPS) is 33.9. The predicted octanol–water partition coefficient (Wildman–Crippen LogP) is 4.49. The van der Waals surface area contributed by atoms with Crippen LogP contribution in [0.3, 0.4) is 0 Å². The Kier molecular flexibility index (Phi) is 2.26. The van der Waals surface area contributed by atoms with E-state index in [2.05, 4.69) is 57.2 Å². The first kappa shape index (κ1) is 11.1. The van der Waals surface area contributed by atoms with Crippen molar-refractivity contribution in [3.8, 4) is 0 Å². The molecular weight excluding hydrogens is 204 g/mol. The lowest BCUT2D eigenvalue weighted by Crippen LogP contribution is -2.45. The van der Waals surface area contributed by atoms with Gasteiger partial charge >= 0.3 is 0 Å². The van der Waals surface area contributed by atoms with E-state index in [1.165, 1.54) is 19.3 Å². The highest BCUT2D eigenvalue weighted by molar-refractivity contribution is 5.40. The molecule has 0 amide bonds. The van der Waals surface area contributed by atoms with Gasteiger partial charge in [0, 0.05) is 0 Å². The molecule has 90 valence electrons. The van der Waals surface area contributed by atoms with E-state index < -0.39 is 0 Å². The van der Waals surface area contributed by atoms with Crippen molar-refractivity contribution in [2.45, 2.75) is 45.4 Å². The molecule has 0 N–H and O–H groups in total. The van der Waals surface area contributed by atoms with Crippen LogP contribution >= 0.6 is 0 Å². The monoisotopic (exact) mass is 226 g/mol. The van der Waals surface area contributed by atoms with Crippen molar-refractivity contribution < 1.29 is 0 Å². The Labute approximate surface area is 105 Å². The molecule has 0 nitrogen and oxygen atoms in total. The van der Waals surface area contributed by atoms with E-state index >= 15 is 0 Å². The molecule has 0 aromatic heterocycles. The summed E-state index contributed by atoms with van der Waals surface area (Å²) < 4.78 is 0. The summed E-state index contributed by atoms with van der Waals surface area (Å²) in [6.45, 7) is 7.28. The van der Waals surface area contributed by atoms with E-state index in [0.29, 0.717) is 10.8 Å². The lowest BCUT2D eigenvalue weighted by atomic mass is 9.52. The number of allylic oxidation sites excluding steroid dienone is 2. The van der Waals surface area contributed by atoms with Gasteiger partial charge in [0.05, 0.1) is 0 Å². The van der Waals surface area contributed by atoms with Crippen LogP contribution in [-0.4, -0.2) is 0 Å². The highest BCUT2D eigenvalue weighted by Gasteiger charge is 2.47. The van der Waals surface area contributed by atoms with Crippen molar-refractivity contribution >= 4 is 0 Å². The number of benzene rings is 1. The fourth-order valence-corrected chi connectivity index (χ4v) is 4.27. The van der Waals surface area contributed by atoms with Crippen molar-refractivity contribution in [2.24, 2.45) is 11.3 Å². The second-order valence-corrected chi connectivity index (χ2v) is 6.59. The molecule has 2 aliphatic carbocycles. The van der Waals surface area contributed by atoms with Gasteiger partial charge in [0.25, 0.3) is 0 Å². The molecule has 0 saturated carbocycles. The van der Waals surface area contributed by atoms with E-state index in [1.54, 1.807) is 11.1 Å². The molecule has 2 aliphatic rings. The molecule has 0 radical (unpaired) electrons. The summed E-state index contributed by atoms with van der Waals surface area (Å²) in [5, 5.41) is 0. The van der Waals surface area contributed by atoms with Gasteiger partial charge in [-0.2, -0.15) is 0 Å². The minimum atomic E-state index is 0.348. The van der Waals surface area contributed by atoms with Crippen molar-refractivity contribution in [3.63, 3.8) is 0 Å². The van der Waals surface area contributed by atoms with E-state index in [0.717, 1.165) is 5.92 Å². The maximum Gasteiger partial charge on any atom is -0.000171 e. The van der Waals surface area contributed by atoms with Crippen molar-refractivity contribution in [1.29, 1.82) is 0 Å². The second-order valence-electron chi connectivity index (χ2n) is 6.59. The SMILES string of the molecule is CC1(C)C=CC[C@]2(C)c3ccccc3CCC12. The van der Waals surface area contributed by atoms with Crippen LogP contribution in [-0.2, 0) is 11.8 Å². The van der Waals surface area contributed by atoms with Gasteiger partial charge in [0.1, 0.15) is 0 Å². The lowest BCUT2D eigenvalue weighted by Gasteiger charge is -2.51. The van der Waals surface area contributed by atoms with Gasteiger partial charge in [-0.25, -0.2) is 0 Å². The zero-order valence-electron chi connectivity index (χ0n) is 11.2. The largest absolute Gasteiger partial charge is 0.0871 e. The van der Waals surface area contributed by atoms with Crippen molar-refractivity contribution in [2.75, 3.05) is 0 Å². The predicted molar refractivity (Wildman–Crippen MR) is 73.1 cm³/mol. The molecule has 1 aromatic carbocycles. The zero-order valence-corrected chi connectivity index (χ0v) is 11.2. The highest BCUT2D eigenvalue weighted by atomic mass is 14.5. The minimum absolute atomic E-state index is 0.348. The molecule has 2 atom stereocenters. The van der Waals surface area contributed by atoms with Gasteiger partial charge in [-0.05, 0) is 47.1 Å². The van der Waals surface area contributed by atoms with E-state index in [4.69, 9.17) is 0 Å². The average Bonchev–Trinajstić information content (AvgIpc) is 2.28. The van der Waals surface area contributed by atoms with Crippen LogP contribution in [0.25, 0.3) is 0 Å².